The molecular formula is C18H13BrN2O3S. The van der Waals surface area contributed by atoms with Crippen LogP contribution in [0.3, 0.4) is 0 Å². The number of carbonyl (C=O) groups is 2. The highest BCUT2D eigenvalue weighted by Crippen LogP contribution is 2.24. The molecule has 0 aliphatic rings. The average molecular weight is 417 g/mol. The van der Waals surface area contributed by atoms with Crippen molar-refractivity contribution in [2.24, 2.45) is 0 Å². The van der Waals surface area contributed by atoms with Crippen molar-refractivity contribution in [1.29, 1.82) is 0 Å². The van der Waals surface area contributed by atoms with Crippen LogP contribution in [0.4, 0.5) is 5.13 Å². The fourth-order valence-corrected chi connectivity index (χ4v) is 3.19. The number of nitrogens with zero attached hydrogens (tertiary/aromatic N) is 1. The summed E-state index contributed by atoms with van der Waals surface area (Å²) in [7, 11) is 0. The van der Waals surface area contributed by atoms with Gasteiger partial charge < -0.3 is 4.74 Å². The van der Waals surface area contributed by atoms with Gasteiger partial charge in [-0.2, -0.15) is 0 Å². The first kappa shape index (κ1) is 17.3. The second kappa shape index (κ2) is 8.04. The van der Waals surface area contributed by atoms with Gasteiger partial charge in [0, 0.05) is 15.4 Å². The molecule has 0 radical (unpaired) electrons. The second-order valence-electron chi connectivity index (χ2n) is 5.04. The normalized spacial score (nSPS) is 10.3. The Kier molecular flexibility index (Phi) is 5.57. The average Bonchev–Trinajstić information content (AvgIpc) is 3.09. The molecule has 0 atom stereocenters. The SMILES string of the molecule is O=C(COC(=O)c1cccc(Br)c1)Nc1nc(-c2ccccc2)cs1. The van der Waals surface area contributed by atoms with Gasteiger partial charge in [0.2, 0.25) is 0 Å². The third kappa shape index (κ3) is 4.74. The smallest absolute Gasteiger partial charge is 0.338 e. The minimum absolute atomic E-state index is 0.369. The topological polar surface area (TPSA) is 68.3 Å². The zero-order chi connectivity index (χ0) is 17.6. The van der Waals surface area contributed by atoms with Gasteiger partial charge in [-0.05, 0) is 18.2 Å². The van der Waals surface area contributed by atoms with Gasteiger partial charge in [-0.25, -0.2) is 9.78 Å². The summed E-state index contributed by atoms with van der Waals surface area (Å²) in [5.41, 5.74) is 2.13. The number of esters is 1. The molecule has 3 rings (SSSR count). The monoisotopic (exact) mass is 416 g/mol. The first-order valence-corrected chi connectivity index (χ1v) is 9.02. The zero-order valence-corrected chi connectivity index (χ0v) is 15.3. The minimum atomic E-state index is -0.555. The molecule has 0 saturated heterocycles. The van der Waals surface area contributed by atoms with Crippen molar-refractivity contribution in [2.45, 2.75) is 0 Å². The van der Waals surface area contributed by atoms with E-state index in [9.17, 15) is 9.59 Å². The summed E-state index contributed by atoms with van der Waals surface area (Å²) in [5.74, 6) is -0.988. The summed E-state index contributed by atoms with van der Waals surface area (Å²) in [6.07, 6.45) is 0. The van der Waals surface area contributed by atoms with E-state index in [4.69, 9.17) is 4.74 Å². The summed E-state index contributed by atoms with van der Waals surface area (Å²) in [5, 5.41) is 4.95. The highest BCUT2D eigenvalue weighted by atomic mass is 79.9. The van der Waals surface area contributed by atoms with Crippen molar-refractivity contribution in [1.82, 2.24) is 4.98 Å². The van der Waals surface area contributed by atoms with Gasteiger partial charge in [0.05, 0.1) is 11.3 Å². The molecule has 1 amide bonds. The minimum Gasteiger partial charge on any atom is -0.452 e. The van der Waals surface area contributed by atoms with Crippen molar-refractivity contribution in [3.8, 4) is 11.3 Å². The molecule has 3 aromatic rings. The highest BCUT2D eigenvalue weighted by Gasteiger charge is 2.12. The van der Waals surface area contributed by atoms with E-state index in [1.807, 2.05) is 35.7 Å². The number of anilines is 1. The molecule has 0 spiro atoms. The molecule has 0 aliphatic carbocycles. The molecule has 2 aromatic carbocycles. The molecule has 7 heteroatoms. The van der Waals surface area contributed by atoms with Gasteiger partial charge in [-0.1, -0.05) is 52.3 Å². The summed E-state index contributed by atoms with van der Waals surface area (Å²) in [6.45, 7) is -0.369. The highest BCUT2D eigenvalue weighted by molar-refractivity contribution is 9.10. The number of hydrogen-bond donors (Lipinski definition) is 1. The Labute approximate surface area is 156 Å². The van der Waals surface area contributed by atoms with Gasteiger partial charge in [0.15, 0.2) is 11.7 Å². The molecule has 1 heterocycles. The third-order valence-electron chi connectivity index (χ3n) is 3.21. The summed E-state index contributed by atoms with van der Waals surface area (Å²) in [6, 6.07) is 16.4. The zero-order valence-electron chi connectivity index (χ0n) is 12.9. The number of carbonyl (C=O) groups excluding carboxylic acids is 2. The number of amides is 1. The number of nitrogens with one attached hydrogen (secondary N) is 1. The molecule has 1 N–H and O–H groups in total. The van der Waals surface area contributed by atoms with Gasteiger partial charge in [-0.3, -0.25) is 10.1 Å². The lowest BCUT2D eigenvalue weighted by atomic mass is 10.2. The van der Waals surface area contributed by atoms with Crippen LogP contribution in [0, 0.1) is 0 Å². The molecule has 5 nitrogen and oxygen atoms in total. The van der Waals surface area contributed by atoms with Crippen molar-refractivity contribution >= 4 is 44.3 Å². The molecule has 0 bridgehead atoms. The quantitative estimate of drug-likeness (QED) is 0.627. The summed E-state index contributed by atoms with van der Waals surface area (Å²) in [4.78, 5) is 28.2. The fraction of sp³-hybridized carbons (Fsp3) is 0.0556. The Hall–Kier alpha value is -2.51. The Morgan fingerprint density at radius 1 is 1.12 bits per heavy atom. The predicted octanol–water partition coefficient (Wildman–Crippen LogP) is 4.37. The maximum Gasteiger partial charge on any atom is 0.338 e. The number of aromatic nitrogens is 1. The molecule has 0 unspecified atom stereocenters. The number of rotatable bonds is 5. The maximum absolute atomic E-state index is 11.9. The molecule has 25 heavy (non-hydrogen) atoms. The standard InChI is InChI=1S/C18H13BrN2O3S/c19-14-8-4-7-13(9-14)17(23)24-10-16(22)21-18-20-15(11-25-18)12-5-2-1-3-6-12/h1-9,11H,10H2,(H,20,21,22). The van der Waals surface area contributed by atoms with Gasteiger partial charge in [0.1, 0.15) is 0 Å². The first-order valence-electron chi connectivity index (χ1n) is 7.35. The van der Waals surface area contributed by atoms with Crippen LogP contribution in [0.5, 0.6) is 0 Å². The Bertz CT molecular complexity index is 896. The lowest BCUT2D eigenvalue weighted by Crippen LogP contribution is -2.20. The number of thiazole rings is 1. The van der Waals surface area contributed by atoms with E-state index < -0.39 is 11.9 Å². The molecule has 0 aliphatic heterocycles. The first-order chi connectivity index (χ1) is 12.1. The van der Waals surface area contributed by atoms with Crippen molar-refractivity contribution in [2.75, 3.05) is 11.9 Å². The van der Waals surface area contributed by atoms with E-state index >= 15 is 0 Å². The summed E-state index contributed by atoms with van der Waals surface area (Å²) >= 11 is 4.60. The number of ether oxygens (including phenoxy) is 1. The lowest BCUT2D eigenvalue weighted by Gasteiger charge is -2.05. The van der Waals surface area contributed by atoms with Crippen LogP contribution in [0.1, 0.15) is 10.4 Å². The van der Waals surface area contributed by atoms with Crippen LogP contribution in [0.25, 0.3) is 11.3 Å². The fourth-order valence-electron chi connectivity index (χ4n) is 2.06. The Balaban J connectivity index is 1.55. The van der Waals surface area contributed by atoms with Gasteiger partial charge in [-0.15, -0.1) is 11.3 Å². The van der Waals surface area contributed by atoms with E-state index in [-0.39, 0.29) is 6.61 Å². The number of halogens is 1. The van der Waals surface area contributed by atoms with E-state index in [1.165, 1.54) is 11.3 Å². The Morgan fingerprint density at radius 3 is 2.68 bits per heavy atom. The van der Waals surface area contributed by atoms with Crippen LogP contribution in [0.2, 0.25) is 0 Å². The van der Waals surface area contributed by atoms with Crippen molar-refractivity contribution in [3.05, 3.63) is 70.0 Å². The maximum atomic E-state index is 11.9. The molecule has 1 aromatic heterocycles. The van der Waals surface area contributed by atoms with Crippen molar-refractivity contribution in [3.63, 3.8) is 0 Å². The van der Waals surface area contributed by atoms with Crippen LogP contribution in [-0.2, 0) is 9.53 Å². The van der Waals surface area contributed by atoms with E-state index in [1.54, 1.807) is 24.3 Å². The van der Waals surface area contributed by atoms with Gasteiger partial charge in [0.25, 0.3) is 5.91 Å². The van der Waals surface area contributed by atoms with Crippen LogP contribution in [0.15, 0.2) is 64.5 Å². The largest absolute Gasteiger partial charge is 0.452 e. The van der Waals surface area contributed by atoms with Crippen LogP contribution in [-0.4, -0.2) is 23.5 Å². The predicted molar refractivity (Wildman–Crippen MR) is 101 cm³/mol. The van der Waals surface area contributed by atoms with E-state index in [0.717, 1.165) is 15.7 Å². The number of hydrogen-bond acceptors (Lipinski definition) is 5. The Morgan fingerprint density at radius 2 is 1.92 bits per heavy atom. The number of benzene rings is 2. The lowest BCUT2D eigenvalue weighted by molar-refractivity contribution is -0.119. The molecule has 126 valence electrons. The third-order valence-corrected chi connectivity index (χ3v) is 4.47. The molecular weight excluding hydrogens is 404 g/mol. The summed E-state index contributed by atoms with van der Waals surface area (Å²) < 4.78 is 5.78. The molecule has 0 saturated carbocycles. The van der Waals surface area contributed by atoms with Crippen LogP contribution >= 0.6 is 27.3 Å². The second-order valence-corrected chi connectivity index (χ2v) is 6.81. The van der Waals surface area contributed by atoms with Gasteiger partial charge >= 0.3 is 5.97 Å². The van der Waals surface area contributed by atoms with E-state index in [0.29, 0.717) is 10.7 Å². The van der Waals surface area contributed by atoms with Crippen LogP contribution < -0.4 is 5.32 Å². The van der Waals surface area contributed by atoms with E-state index in [2.05, 4.69) is 26.2 Å². The van der Waals surface area contributed by atoms with Crippen molar-refractivity contribution < 1.29 is 14.3 Å². The molecule has 0 fully saturated rings.